The summed E-state index contributed by atoms with van der Waals surface area (Å²) in [5, 5.41) is 2.64. The summed E-state index contributed by atoms with van der Waals surface area (Å²) in [5.74, 6) is -0.403. The highest BCUT2D eigenvalue weighted by atomic mass is 35.5. The summed E-state index contributed by atoms with van der Waals surface area (Å²) >= 11 is 6.02. The molecule has 0 aromatic heterocycles. The quantitative estimate of drug-likeness (QED) is 0.830. The molecule has 1 atom stereocenters. The molecule has 0 radical (unpaired) electrons. The average molecular weight is 400 g/mol. The highest BCUT2D eigenvalue weighted by Crippen LogP contribution is 2.34. The molecule has 144 valence electrons. The number of quaternary nitrogens is 1. The first-order chi connectivity index (χ1) is 12.9. The van der Waals surface area contributed by atoms with E-state index in [-0.39, 0.29) is 10.7 Å². The van der Waals surface area contributed by atoms with Crippen LogP contribution in [0.1, 0.15) is 17.2 Å². The number of nitrogens with one attached hydrogen (secondary N) is 2. The third kappa shape index (κ3) is 4.80. The maximum absolute atomic E-state index is 13.0. The lowest BCUT2D eigenvalue weighted by molar-refractivity contribution is -0.929. The molecule has 0 spiro atoms. The van der Waals surface area contributed by atoms with Gasteiger partial charge >= 0.3 is 6.18 Å². The van der Waals surface area contributed by atoms with Crippen molar-refractivity contribution in [2.45, 2.75) is 12.2 Å². The molecule has 1 amide bonds. The summed E-state index contributed by atoms with van der Waals surface area (Å²) in [6, 6.07) is 11.5. The van der Waals surface area contributed by atoms with E-state index in [1.165, 1.54) is 0 Å². The Labute approximate surface area is 159 Å². The van der Waals surface area contributed by atoms with Gasteiger partial charge in [0.15, 0.2) is 6.04 Å². The lowest BCUT2D eigenvalue weighted by Crippen LogP contribution is -3.15. The van der Waals surface area contributed by atoms with Crippen molar-refractivity contribution < 1.29 is 27.6 Å². The zero-order chi connectivity index (χ0) is 19.4. The lowest BCUT2D eigenvalue weighted by Gasteiger charge is -2.31. The van der Waals surface area contributed by atoms with Crippen molar-refractivity contribution in [1.29, 1.82) is 0 Å². The molecular weight excluding hydrogens is 381 g/mol. The standard InChI is InChI=1S/C19H18ClF3N2O2/c20-15-7-6-14(19(21,22)23)12-16(15)24-18(26)17(13-4-2-1-3-5-13)25-8-10-27-11-9-25/h1-7,12,17H,8-11H2,(H,24,26)/p+1/t17-/m1/s1. The fourth-order valence-electron chi connectivity index (χ4n) is 3.14. The van der Waals surface area contributed by atoms with E-state index < -0.39 is 23.7 Å². The zero-order valence-electron chi connectivity index (χ0n) is 14.4. The number of halogens is 4. The van der Waals surface area contributed by atoms with E-state index in [1.54, 1.807) is 0 Å². The molecule has 1 aliphatic heterocycles. The van der Waals surface area contributed by atoms with Gasteiger partial charge in [0, 0.05) is 5.56 Å². The smallest absolute Gasteiger partial charge is 0.370 e. The number of amides is 1. The number of rotatable bonds is 4. The third-order valence-electron chi connectivity index (χ3n) is 4.49. The predicted octanol–water partition coefficient (Wildman–Crippen LogP) is 2.95. The number of carbonyl (C=O) groups is 1. The van der Waals surface area contributed by atoms with E-state index in [2.05, 4.69) is 5.32 Å². The molecule has 1 aliphatic rings. The van der Waals surface area contributed by atoms with Gasteiger partial charge in [-0.1, -0.05) is 41.9 Å². The van der Waals surface area contributed by atoms with Crippen molar-refractivity contribution in [2.24, 2.45) is 0 Å². The van der Waals surface area contributed by atoms with Gasteiger partial charge in [0.25, 0.3) is 5.91 Å². The molecule has 3 rings (SSSR count). The Hall–Kier alpha value is -2.09. The van der Waals surface area contributed by atoms with Crippen molar-refractivity contribution in [1.82, 2.24) is 0 Å². The summed E-state index contributed by atoms with van der Waals surface area (Å²) in [4.78, 5) is 14.0. The molecule has 0 saturated carbocycles. The highest BCUT2D eigenvalue weighted by Gasteiger charge is 2.34. The van der Waals surface area contributed by atoms with Crippen molar-refractivity contribution in [3.8, 4) is 0 Å². The van der Waals surface area contributed by atoms with Crippen LogP contribution in [0.25, 0.3) is 0 Å². The first-order valence-corrected chi connectivity index (χ1v) is 8.89. The first kappa shape index (κ1) is 19.7. The van der Waals surface area contributed by atoms with Crippen LogP contribution in [0.15, 0.2) is 48.5 Å². The van der Waals surface area contributed by atoms with Gasteiger partial charge in [0.2, 0.25) is 0 Å². The van der Waals surface area contributed by atoms with Crippen molar-refractivity contribution in [2.75, 3.05) is 31.6 Å². The molecule has 4 nitrogen and oxygen atoms in total. The molecule has 0 unspecified atom stereocenters. The minimum absolute atomic E-state index is 0.0508. The molecule has 0 bridgehead atoms. The molecule has 8 heteroatoms. The summed E-state index contributed by atoms with van der Waals surface area (Å²) < 4.78 is 44.3. The second-order valence-electron chi connectivity index (χ2n) is 6.30. The molecule has 1 saturated heterocycles. The minimum Gasteiger partial charge on any atom is -0.370 e. The maximum atomic E-state index is 13.0. The average Bonchev–Trinajstić information content (AvgIpc) is 2.64. The van der Waals surface area contributed by atoms with E-state index in [4.69, 9.17) is 16.3 Å². The number of anilines is 1. The van der Waals surface area contributed by atoms with E-state index in [9.17, 15) is 18.0 Å². The number of alkyl halides is 3. The SMILES string of the molecule is O=C(Nc1cc(C(F)(F)F)ccc1Cl)[C@@H](c1ccccc1)[NH+]1CCOCC1. The van der Waals surface area contributed by atoms with Crippen LogP contribution in [-0.2, 0) is 15.7 Å². The third-order valence-corrected chi connectivity index (χ3v) is 4.82. The number of hydrogen-bond acceptors (Lipinski definition) is 2. The van der Waals surface area contributed by atoms with Gasteiger partial charge in [0.05, 0.1) is 29.5 Å². The van der Waals surface area contributed by atoms with E-state index in [0.29, 0.717) is 26.3 Å². The maximum Gasteiger partial charge on any atom is 0.416 e. The Morgan fingerprint density at radius 1 is 1.11 bits per heavy atom. The summed E-state index contributed by atoms with van der Waals surface area (Å²) in [6.45, 7) is 2.30. The summed E-state index contributed by atoms with van der Waals surface area (Å²) in [7, 11) is 0. The topological polar surface area (TPSA) is 42.8 Å². The fraction of sp³-hybridized carbons (Fsp3) is 0.316. The van der Waals surface area contributed by atoms with Crippen LogP contribution in [0.5, 0.6) is 0 Å². The molecule has 2 aromatic carbocycles. The molecule has 1 fully saturated rings. The summed E-state index contributed by atoms with van der Waals surface area (Å²) in [5.41, 5.74) is -0.128. The lowest BCUT2D eigenvalue weighted by atomic mass is 10.0. The number of benzene rings is 2. The molecule has 27 heavy (non-hydrogen) atoms. The normalized spacial score (nSPS) is 16.7. The van der Waals surface area contributed by atoms with Crippen LogP contribution < -0.4 is 10.2 Å². The van der Waals surface area contributed by atoms with E-state index in [0.717, 1.165) is 28.7 Å². The number of morpholine rings is 1. The number of hydrogen-bond donors (Lipinski definition) is 2. The highest BCUT2D eigenvalue weighted by molar-refractivity contribution is 6.33. The van der Waals surface area contributed by atoms with Gasteiger partial charge in [-0.3, -0.25) is 4.79 Å². The van der Waals surface area contributed by atoms with Crippen LogP contribution in [-0.4, -0.2) is 32.2 Å². The van der Waals surface area contributed by atoms with Crippen LogP contribution >= 0.6 is 11.6 Å². The van der Waals surface area contributed by atoms with Crippen molar-refractivity contribution >= 4 is 23.2 Å². The number of ether oxygens (including phenoxy) is 1. The van der Waals surface area contributed by atoms with Crippen LogP contribution in [0.4, 0.5) is 18.9 Å². The van der Waals surface area contributed by atoms with Crippen LogP contribution in [0, 0.1) is 0 Å². The summed E-state index contributed by atoms with van der Waals surface area (Å²) in [6.07, 6.45) is -4.52. The Morgan fingerprint density at radius 2 is 1.78 bits per heavy atom. The Morgan fingerprint density at radius 3 is 2.41 bits per heavy atom. The molecule has 1 heterocycles. The minimum atomic E-state index is -4.52. The monoisotopic (exact) mass is 399 g/mol. The fourth-order valence-corrected chi connectivity index (χ4v) is 3.31. The zero-order valence-corrected chi connectivity index (χ0v) is 15.1. The van der Waals surface area contributed by atoms with Gasteiger partial charge in [-0.15, -0.1) is 0 Å². The Balaban J connectivity index is 1.89. The van der Waals surface area contributed by atoms with Crippen molar-refractivity contribution in [3.05, 3.63) is 64.7 Å². The second kappa shape index (κ2) is 8.29. The molecule has 2 aromatic rings. The van der Waals surface area contributed by atoms with Gasteiger partial charge in [-0.25, -0.2) is 0 Å². The largest absolute Gasteiger partial charge is 0.416 e. The van der Waals surface area contributed by atoms with Crippen LogP contribution in [0.2, 0.25) is 5.02 Å². The molecule has 2 N–H and O–H groups in total. The molecule has 0 aliphatic carbocycles. The van der Waals surface area contributed by atoms with Gasteiger partial charge < -0.3 is 15.0 Å². The predicted molar refractivity (Wildman–Crippen MR) is 95.8 cm³/mol. The second-order valence-corrected chi connectivity index (χ2v) is 6.70. The van der Waals surface area contributed by atoms with Crippen molar-refractivity contribution in [3.63, 3.8) is 0 Å². The Bertz CT molecular complexity index is 793. The van der Waals surface area contributed by atoms with E-state index >= 15 is 0 Å². The van der Waals surface area contributed by atoms with Gasteiger partial charge in [0.1, 0.15) is 13.1 Å². The van der Waals surface area contributed by atoms with Crippen LogP contribution in [0.3, 0.4) is 0 Å². The van der Waals surface area contributed by atoms with E-state index in [1.807, 2.05) is 30.3 Å². The number of carbonyl (C=O) groups excluding carboxylic acids is 1. The Kier molecular flexibility index (Phi) is 6.04. The van der Waals surface area contributed by atoms with Gasteiger partial charge in [-0.05, 0) is 18.2 Å². The van der Waals surface area contributed by atoms with Gasteiger partial charge in [-0.2, -0.15) is 13.2 Å². The first-order valence-electron chi connectivity index (χ1n) is 8.51. The molecular formula is C19H19ClF3N2O2+.